The van der Waals surface area contributed by atoms with Crippen LogP contribution in [0.25, 0.3) is 0 Å². The Morgan fingerprint density at radius 2 is 1.62 bits per heavy atom. The normalized spacial score (nSPS) is 10.5. The molecule has 0 aliphatic heterocycles. The van der Waals surface area contributed by atoms with Crippen molar-refractivity contribution in [3.63, 3.8) is 0 Å². The van der Waals surface area contributed by atoms with Crippen molar-refractivity contribution in [3.8, 4) is 23.0 Å². The number of nitrogens with one attached hydrogen (secondary N) is 1. The van der Waals surface area contributed by atoms with Crippen LogP contribution in [0.3, 0.4) is 0 Å². The Morgan fingerprint density at radius 3 is 2.12 bits per heavy atom. The molecule has 0 radical (unpaired) electrons. The fraction of sp³-hybridized carbons (Fsp3) is 0.176. The highest BCUT2D eigenvalue weighted by Crippen LogP contribution is 2.37. The van der Waals surface area contributed by atoms with E-state index in [2.05, 4.69) is 10.5 Å². The number of phenolic OH excluding ortho intramolecular Hbond substituents is 1. The SMILES string of the molecule is COc1cc(/C=N/NC(=O)c2ccc(O)cc2)cc(OC)c1OC. The molecule has 126 valence electrons. The van der Waals surface area contributed by atoms with Crippen LogP contribution in [0.4, 0.5) is 0 Å². The van der Waals surface area contributed by atoms with E-state index in [1.165, 1.54) is 51.8 Å². The van der Waals surface area contributed by atoms with Crippen LogP contribution in [0, 0.1) is 0 Å². The number of carbonyl (C=O) groups is 1. The van der Waals surface area contributed by atoms with Crippen LogP contribution >= 0.6 is 0 Å². The van der Waals surface area contributed by atoms with E-state index in [4.69, 9.17) is 14.2 Å². The van der Waals surface area contributed by atoms with Crippen molar-refractivity contribution >= 4 is 12.1 Å². The lowest BCUT2D eigenvalue weighted by Crippen LogP contribution is -2.17. The van der Waals surface area contributed by atoms with Gasteiger partial charge in [-0.3, -0.25) is 4.79 Å². The Hall–Kier alpha value is -3.22. The minimum Gasteiger partial charge on any atom is -0.508 e. The zero-order valence-corrected chi connectivity index (χ0v) is 13.6. The maximum Gasteiger partial charge on any atom is 0.271 e. The lowest BCUT2D eigenvalue weighted by atomic mass is 10.2. The number of hydrogen-bond acceptors (Lipinski definition) is 6. The average Bonchev–Trinajstić information content (AvgIpc) is 2.61. The third-order valence-corrected chi connectivity index (χ3v) is 3.20. The zero-order chi connectivity index (χ0) is 17.5. The summed E-state index contributed by atoms with van der Waals surface area (Å²) in [7, 11) is 4.56. The molecular formula is C17H18N2O5. The van der Waals surface area contributed by atoms with E-state index in [9.17, 15) is 9.90 Å². The molecule has 0 aliphatic carbocycles. The van der Waals surface area contributed by atoms with Crippen LogP contribution in [0.1, 0.15) is 15.9 Å². The number of carbonyl (C=O) groups excluding carboxylic acids is 1. The number of benzene rings is 2. The summed E-state index contributed by atoms with van der Waals surface area (Å²) in [4.78, 5) is 11.9. The minimum atomic E-state index is -0.390. The van der Waals surface area contributed by atoms with Gasteiger partial charge >= 0.3 is 0 Å². The van der Waals surface area contributed by atoms with E-state index in [1.807, 2.05) is 0 Å². The number of phenols is 1. The van der Waals surface area contributed by atoms with Crippen molar-refractivity contribution < 1.29 is 24.1 Å². The van der Waals surface area contributed by atoms with Crippen molar-refractivity contribution in [2.75, 3.05) is 21.3 Å². The third-order valence-electron chi connectivity index (χ3n) is 3.20. The Kier molecular flexibility index (Phi) is 5.62. The second kappa shape index (κ2) is 7.87. The first-order valence-corrected chi connectivity index (χ1v) is 7.01. The summed E-state index contributed by atoms with van der Waals surface area (Å²) in [6.07, 6.45) is 1.46. The first-order valence-electron chi connectivity index (χ1n) is 7.01. The van der Waals surface area contributed by atoms with E-state index in [0.717, 1.165) is 0 Å². The molecular weight excluding hydrogens is 312 g/mol. The maximum absolute atomic E-state index is 11.9. The summed E-state index contributed by atoms with van der Waals surface area (Å²) >= 11 is 0. The van der Waals surface area contributed by atoms with Gasteiger partial charge in [-0.25, -0.2) is 5.43 Å². The summed E-state index contributed by atoms with van der Waals surface area (Å²) in [5, 5.41) is 13.1. The van der Waals surface area contributed by atoms with Gasteiger partial charge in [-0.05, 0) is 36.4 Å². The predicted octanol–water partition coefficient (Wildman–Crippen LogP) is 2.18. The molecule has 2 rings (SSSR count). The monoisotopic (exact) mass is 330 g/mol. The topological polar surface area (TPSA) is 89.4 Å². The van der Waals surface area contributed by atoms with E-state index < -0.39 is 5.91 Å². The van der Waals surface area contributed by atoms with E-state index in [0.29, 0.717) is 28.4 Å². The van der Waals surface area contributed by atoms with Gasteiger partial charge in [0, 0.05) is 11.1 Å². The van der Waals surface area contributed by atoms with E-state index >= 15 is 0 Å². The molecule has 0 saturated carbocycles. The standard InChI is InChI=1S/C17H18N2O5/c1-22-14-8-11(9-15(23-2)16(14)24-3)10-18-19-17(21)12-4-6-13(20)7-5-12/h4-10,20H,1-3H3,(H,19,21)/b18-10+. The lowest BCUT2D eigenvalue weighted by Gasteiger charge is -2.12. The van der Waals surface area contributed by atoms with Crippen molar-refractivity contribution in [2.24, 2.45) is 5.10 Å². The number of nitrogens with zero attached hydrogens (tertiary/aromatic N) is 1. The molecule has 7 heteroatoms. The lowest BCUT2D eigenvalue weighted by molar-refractivity contribution is 0.0955. The number of hydrogen-bond donors (Lipinski definition) is 2. The number of amides is 1. The molecule has 0 unspecified atom stereocenters. The Morgan fingerprint density at radius 1 is 1.04 bits per heavy atom. The van der Waals surface area contributed by atoms with Gasteiger partial charge in [0.25, 0.3) is 5.91 Å². The molecule has 0 saturated heterocycles. The molecule has 2 aromatic carbocycles. The van der Waals surface area contributed by atoms with Gasteiger partial charge in [-0.1, -0.05) is 0 Å². The highest BCUT2D eigenvalue weighted by atomic mass is 16.5. The smallest absolute Gasteiger partial charge is 0.271 e. The molecule has 0 aliphatic rings. The van der Waals surface area contributed by atoms with Crippen LogP contribution in [-0.2, 0) is 0 Å². The zero-order valence-electron chi connectivity index (χ0n) is 13.6. The van der Waals surface area contributed by atoms with Crippen molar-refractivity contribution in [3.05, 3.63) is 47.5 Å². The number of rotatable bonds is 6. The largest absolute Gasteiger partial charge is 0.508 e. The molecule has 7 nitrogen and oxygen atoms in total. The van der Waals surface area contributed by atoms with Crippen LogP contribution in [0.5, 0.6) is 23.0 Å². The van der Waals surface area contributed by atoms with Crippen LogP contribution < -0.4 is 19.6 Å². The number of ether oxygens (including phenoxy) is 3. The van der Waals surface area contributed by atoms with Gasteiger partial charge in [0.05, 0.1) is 27.5 Å². The third kappa shape index (κ3) is 3.95. The fourth-order valence-corrected chi connectivity index (χ4v) is 2.02. The molecule has 0 spiro atoms. The summed E-state index contributed by atoms with van der Waals surface area (Å²) in [6.45, 7) is 0. The molecule has 2 N–H and O–H groups in total. The Bertz CT molecular complexity index is 716. The second-order valence-corrected chi connectivity index (χ2v) is 4.70. The van der Waals surface area contributed by atoms with Gasteiger partial charge in [0.2, 0.25) is 5.75 Å². The van der Waals surface area contributed by atoms with Gasteiger partial charge in [-0.15, -0.1) is 0 Å². The Labute approximate surface area is 139 Å². The van der Waals surface area contributed by atoms with Gasteiger partial charge in [0.15, 0.2) is 11.5 Å². The van der Waals surface area contributed by atoms with Crippen molar-refractivity contribution in [1.29, 1.82) is 0 Å². The summed E-state index contributed by atoms with van der Waals surface area (Å²) < 4.78 is 15.7. The average molecular weight is 330 g/mol. The second-order valence-electron chi connectivity index (χ2n) is 4.70. The number of hydrazone groups is 1. The quantitative estimate of drug-likeness (QED) is 0.626. The molecule has 24 heavy (non-hydrogen) atoms. The molecule has 0 bridgehead atoms. The van der Waals surface area contributed by atoms with Gasteiger partial charge in [-0.2, -0.15) is 5.10 Å². The highest BCUT2D eigenvalue weighted by molar-refractivity contribution is 5.95. The van der Waals surface area contributed by atoms with Crippen LogP contribution in [0.2, 0.25) is 0 Å². The first-order chi connectivity index (χ1) is 11.6. The maximum atomic E-state index is 11.9. The fourth-order valence-electron chi connectivity index (χ4n) is 2.02. The number of methoxy groups -OCH3 is 3. The molecule has 0 heterocycles. The minimum absolute atomic E-state index is 0.0903. The first kappa shape index (κ1) is 17.1. The van der Waals surface area contributed by atoms with E-state index in [-0.39, 0.29) is 5.75 Å². The van der Waals surface area contributed by atoms with Crippen molar-refractivity contribution in [2.45, 2.75) is 0 Å². The van der Waals surface area contributed by atoms with Gasteiger partial charge in [0.1, 0.15) is 5.75 Å². The van der Waals surface area contributed by atoms with Crippen LogP contribution in [0.15, 0.2) is 41.5 Å². The molecule has 0 aromatic heterocycles. The Balaban J connectivity index is 2.14. The molecule has 2 aromatic rings. The van der Waals surface area contributed by atoms with E-state index in [1.54, 1.807) is 12.1 Å². The predicted molar refractivity (Wildman–Crippen MR) is 89.3 cm³/mol. The summed E-state index contributed by atoms with van der Waals surface area (Å²) in [5.74, 6) is 1.16. The van der Waals surface area contributed by atoms with Crippen molar-refractivity contribution in [1.82, 2.24) is 5.43 Å². The molecule has 0 fully saturated rings. The summed E-state index contributed by atoms with van der Waals surface area (Å²) in [5.41, 5.74) is 3.45. The number of aromatic hydroxyl groups is 1. The summed E-state index contributed by atoms with van der Waals surface area (Å²) in [6, 6.07) is 9.27. The highest BCUT2D eigenvalue weighted by Gasteiger charge is 2.12. The van der Waals surface area contributed by atoms with Crippen LogP contribution in [-0.4, -0.2) is 38.6 Å². The molecule has 1 amide bonds. The van der Waals surface area contributed by atoms with Gasteiger partial charge < -0.3 is 19.3 Å². The molecule has 0 atom stereocenters.